The van der Waals surface area contributed by atoms with E-state index in [0.29, 0.717) is 11.1 Å². The minimum atomic E-state index is -0.746. The number of rotatable bonds is 5. The summed E-state index contributed by atoms with van der Waals surface area (Å²) in [5.41, 5.74) is 0.662. The van der Waals surface area contributed by atoms with Crippen LogP contribution < -0.4 is 51.4 Å². The van der Waals surface area contributed by atoms with Gasteiger partial charge in [0.15, 0.2) is 0 Å². The minimum absolute atomic E-state index is 0. The average Bonchev–Trinajstić information content (AvgIpc) is 2.55. The fourth-order valence-corrected chi connectivity index (χ4v) is 1.61. The number of hydrogen-bond acceptors (Lipinski definition) is 5. The molecule has 0 N–H and O–H groups in total. The zero-order chi connectivity index (χ0) is 16.4. The third-order valence-electron chi connectivity index (χ3n) is 2.61. The molecule has 0 saturated carbocycles. The van der Waals surface area contributed by atoms with Crippen molar-refractivity contribution < 1.29 is 60.9 Å². The first-order valence-corrected chi connectivity index (χ1v) is 6.40. The standard InChI is InChI=1S/C17H12N3O2.K/c1-2-22-17(21)14(10-18)8-9-16(15(11-19)12-20)13-6-4-3-5-7-13;/h3-9H,2H2,1H3;/q-1;+1/b14-8-;. The molecule has 0 aliphatic heterocycles. The van der Waals surface area contributed by atoms with Crippen LogP contribution in [-0.2, 0) is 9.53 Å². The number of benzene rings is 1. The van der Waals surface area contributed by atoms with Gasteiger partial charge in [-0.2, -0.15) is 0 Å². The van der Waals surface area contributed by atoms with Crippen molar-refractivity contribution >= 4 is 11.5 Å². The van der Waals surface area contributed by atoms with Crippen molar-refractivity contribution in [1.82, 2.24) is 0 Å². The van der Waals surface area contributed by atoms with E-state index in [4.69, 9.17) is 20.5 Å². The molecule has 6 heteroatoms. The van der Waals surface area contributed by atoms with Crippen molar-refractivity contribution in [3.05, 3.63) is 59.5 Å². The number of ether oxygens (including phenoxy) is 1. The van der Waals surface area contributed by atoms with Crippen molar-refractivity contribution in [2.45, 2.75) is 6.92 Å². The molecule has 1 rings (SSSR count). The fraction of sp³-hybridized carbons (Fsp3) is 0.118. The summed E-state index contributed by atoms with van der Waals surface area (Å²) in [5.74, 6) is -0.746. The van der Waals surface area contributed by atoms with Gasteiger partial charge in [0, 0.05) is 0 Å². The molecule has 0 saturated heterocycles. The second-order valence-electron chi connectivity index (χ2n) is 3.96. The molecule has 0 fully saturated rings. The molecule has 0 unspecified atom stereocenters. The quantitative estimate of drug-likeness (QED) is 0.243. The van der Waals surface area contributed by atoms with E-state index in [1.807, 2.05) is 0 Å². The van der Waals surface area contributed by atoms with Gasteiger partial charge in [0.1, 0.15) is 0 Å². The predicted octanol–water partition coefficient (Wildman–Crippen LogP) is -0.291. The Morgan fingerprint density at radius 1 is 1.17 bits per heavy atom. The summed E-state index contributed by atoms with van der Waals surface area (Å²) in [5, 5.41) is 27.1. The average molecular weight is 329 g/mol. The van der Waals surface area contributed by atoms with Crippen LogP contribution in [-0.4, -0.2) is 12.6 Å². The fourth-order valence-electron chi connectivity index (χ4n) is 1.61. The first kappa shape index (κ1) is 21.1. The van der Waals surface area contributed by atoms with Crippen LogP contribution in [0.2, 0.25) is 0 Å². The Morgan fingerprint density at radius 2 is 1.78 bits per heavy atom. The molecule has 0 atom stereocenters. The minimum Gasteiger partial charge on any atom is -0.469 e. The number of hydrogen-bond donors (Lipinski definition) is 0. The molecule has 1 aromatic carbocycles. The molecule has 0 spiro atoms. The molecule has 1 aromatic rings. The Balaban J connectivity index is 0.00000484. The molecular weight excluding hydrogens is 317 g/mol. The zero-order valence-electron chi connectivity index (χ0n) is 12.9. The number of nitrogens with zero attached hydrogens (tertiary/aromatic N) is 3. The Kier molecular flexibility index (Phi) is 10.7. The molecule has 0 bridgehead atoms. The van der Waals surface area contributed by atoms with Crippen LogP contribution in [0.1, 0.15) is 12.5 Å². The number of allylic oxidation sites excluding steroid dienone is 3. The largest absolute Gasteiger partial charge is 1.00 e. The van der Waals surface area contributed by atoms with Crippen molar-refractivity contribution in [2.75, 3.05) is 6.61 Å². The molecule has 0 aromatic heterocycles. The molecule has 0 aliphatic rings. The number of carbonyl (C=O) groups is 1. The van der Waals surface area contributed by atoms with Crippen LogP contribution in [0.5, 0.6) is 0 Å². The van der Waals surface area contributed by atoms with Crippen LogP contribution in [0.25, 0.3) is 5.57 Å². The van der Waals surface area contributed by atoms with Gasteiger partial charge in [0.25, 0.3) is 0 Å². The van der Waals surface area contributed by atoms with E-state index < -0.39 is 5.97 Å². The zero-order valence-corrected chi connectivity index (χ0v) is 16.0. The summed E-state index contributed by atoms with van der Waals surface area (Å²) in [7, 11) is 0. The Bertz CT molecular complexity index is 716. The third kappa shape index (κ3) is 6.42. The molecule has 5 nitrogen and oxygen atoms in total. The van der Waals surface area contributed by atoms with Gasteiger partial charge in [-0.15, -0.1) is 18.1 Å². The van der Waals surface area contributed by atoms with Crippen molar-refractivity contribution in [2.24, 2.45) is 0 Å². The summed E-state index contributed by atoms with van der Waals surface area (Å²) in [4.78, 5) is 11.6. The molecular formula is C17H12KN3O2. The predicted molar refractivity (Wildman–Crippen MR) is 79.2 cm³/mol. The first-order chi connectivity index (χ1) is 10.7. The first-order valence-electron chi connectivity index (χ1n) is 6.40. The van der Waals surface area contributed by atoms with Gasteiger partial charge in [-0.25, -0.2) is 15.8 Å². The maximum atomic E-state index is 11.6. The van der Waals surface area contributed by atoms with Gasteiger partial charge in [-0.3, -0.25) is 4.79 Å². The molecule has 23 heavy (non-hydrogen) atoms. The molecule has 0 amide bonds. The SMILES string of the molecule is CCOC(=O)/C(C#N)=C\[CH-]C(=C(C#N)C#N)c1ccccc1.[K+]. The van der Waals surface area contributed by atoms with Crippen LogP contribution in [0.15, 0.2) is 47.6 Å². The van der Waals surface area contributed by atoms with Gasteiger partial charge in [0.2, 0.25) is 0 Å². The summed E-state index contributed by atoms with van der Waals surface area (Å²) in [6.07, 6.45) is 2.64. The van der Waals surface area contributed by atoms with E-state index in [2.05, 4.69) is 0 Å². The smallest absolute Gasteiger partial charge is 0.469 e. The van der Waals surface area contributed by atoms with Gasteiger partial charge in [-0.1, -0.05) is 35.9 Å². The monoisotopic (exact) mass is 329 g/mol. The number of nitriles is 3. The van der Waals surface area contributed by atoms with E-state index in [-0.39, 0.29) is 69.1 Å². The van der Waals surface area contributed by atoms with Crippen molar-refractivity contribution in [1.29, 1.82) is 15.8 Å². The maximum Gasteiger partial charge on any atom is 1.00 e. The maximum absolute atomic E-state index is 11.6. The number of esters is 1. The Labute approximate surface area is 177 Å². The van der Waals surface area contributed by atoms with E-state index in [1.165, 1.54) is 12.5 Å². The normalized spacial score (nSPS) is 9.22. The van der Waals surface area contributed by atoms with Gasteiger partial charge in [0.05, 0.1) is 36.0 Å². The summed E-state index contributed by atoms with van der Waals surface area (Å²) in [6.45, 7) is 1.79. The van der Waals surface area contributed by atoms with E-state index >= 15 is 0 Å². The number of carbonyl (C=O) groups excluding carboxylic acids is 1. The molecule has 108 valence electrons. The summed E-state index contributed by atoms with van der Waals surface area (Å²) < 4.78 is 4.75. The van der Waals surface area contributed by atoms with Crippen molar-refractivity contribution in [3.8, 4) is 18.2 Å². The van der Waals surface area contributed by atoms with Gasteiger partial charge >= 0.3 is 57.4 Å². The second kappa shape index (κ2) is 11.7. The van der Waals surface area contributed by atoms with Gasteiger partial charge < -0.3 is 4.74 Å². The van der Waals surface area contributed by atoms with Crippen LogP contribution in [0, 0.1) is 40.4 Å². The van der Waals surface area contributed by atoms with E-state index in [0.717, 1.165) is 0 Å². The summed E-state index contributed by atoms with van der Waals surface area (Å²) >= 11 is 0. The molecule has 0 heterocycles. The molecule has 0 radical (unpaired) electrons. The second-order valence-corrected chi connectivity index (χ2v) is 3.96. The Morgan fingerprint density at radius 3 is 2.26 bits per heavy atom. The third-order valence-corrected chi connectivity index (χ3v) is 2.61. The van der Waals surface area contributed by atoms with Crippen LogP contribution in [0.4, 0.5) is 0 Å². The van der Waals surface area contributed by atoms with Crippen LogP contribution in [0.3, 0.4) is 0 Å². The van der Waals surface area contributed by atoms with Crippen LogP contribution >= 0.6 is 0 Å². The molecule has 0 aliphatic carbocycles. The Hall–Kier alpha value is -1.85. The van der Waals surface area contributed by atoms with E-state index in [1.54, 1.807) is 55.5 Å². The van der Waals surface area contributed by atoms with E-state index in [9.17, 15) is 4.79 Å². The summed E-state index contributed by atoms with van der Waals surface area (Å²) in [6, 6.07) is 14.1. The topological polar surface area (TPSA) is 97.7 Å². The van der Waals surface area contributed by atoms with Gasteiger partial charge in [-0.05, 0) is 6.92 Å². The van der Waals surface area contributed by atoms with Crippen molar-refractivity contribution in [3.63, 3.8) is 0 Å².